The largest absolute Gasteiger partial charge is 0.379 e. The Hall–Kier alpha value is -0.510. The van der Waals surface area contributed by atoms with Crippen molar-refractivity contribution in [2.45, 2.75) is 11.4 Å². The summed E-state index contributed by atoms with van der Waals surface area (Å²) in [5.41, 5.74) is 1.35. The van der Waals surface area contributed by atoms with Crippen molar-refractivity contribution in [3.05, 3.63) is 29.8 Å². The van der Waals surface area contributed by atoms with Gasteiger partial charge in [-0.1, -0.05) is 12.1 Å². The normalized spacial score (nSPS) is 18.4. The predicted octanol–water partition coefficient (Wildman–Crippen LogP) is 1.81. The zero-order valence-corrected chi connectivity index (χ0v) is 9.04. The third kappa shape index (κ3) is 2.74. The van der Waals surface area contributed by atoms with E-state index in [2.05, 4.69) is 29.7 Å². The maximum atomic E-state index is 5.30. The Bertz CT molecular complexity index is 280. The standard InChI is InChI=1S/C11H15NOS/c14-11-3-1-10(2-4-11)9-12-5-7-13-8-6-12/h1-4,14H,5-9H2. The third-order valence-corrected chi connectivity index (χ3v) is 2.74. The quantitative estimate of drug-likeness (QED) is 0.746. The molecule has 1 heterocycles. The first-order chi connectivity index (χ1) is 6.84. The molecule has 2 nitrogen and oxygen atoms in total. The SMILES string of the molecule is Sc1ccc(CN2CCOCC2)cc1. The molecule has 2 rings (SSSR count). The molecule has 0 atom stereocenters. The van der Waals surface area contributed by atoms with Gasteiger partial charge < -0.3 is 4.74 Å². The molecule has 1 saturated heterocycles. The fraction of sp³-hybridized carbons (Fsp3) is 0.455. The monoisotopic (exact) mass is 209 g/mol. The van der Waals surface area contributed by atoms with Crippen LogP contribution in [-0.2, 0) is 11.3 Å². The minimum atomic E-state index is 0.866. The van der Waals surface area contributed by atoms with Crippen LogP contribution in [0.4, 0.5) is 0 Å². The van der Waals surface area contributed by atoms with Crippen molar-refractivity contribution in [3.63, 3.8) is 0 Å². The van der Waals surface area contributed by atoms with Crippen LogP contribution in [-0.4, -0.2) is 31.2 Å². The second-order valence-electron chi connectivity index (χ2n) is 3.55. The van der Waals surface area contributed by atoms with Gasteiger partial charge in [-0.3, -0.25) is 4.90 Å². The van der Waals surface area contributed by atoms with Crippen LogP contribution >= 0.6 is 12.6 Å². The molecule has 0 amide bonds. The molecule has 76 valence electrons. The molecule has 0 saturated carbocycles. The van der Waals surface area contributed by atoms with Crippen LogP contribution in [0.1, 0.15) is 5.56 Å². The molecule has 0 unspecified atom stereocenters. The maximum Gasteiger partial charge on any atom is 0.0594 e. The molecular weight excluding hydrogens is 194 g/mol. The third-order valence-electron chi connectivity index (χ3n) is 2.45. The van der Waals surface area contributed by atoms with Crippen LogP contribution in [0, 0.1) is 0 Å². The zero-order chi connectivity index (χ0) is 9.80. The van der Waals surface area contributed by atoms with Gasteiger partial charge in [0.2, 0.25) is 0 Å². The minimum absolute atomic E-state index is 0.866. The summed E-state index contributed by atoms with van der Waals surface area (Å²) in [5, 5.41) is 0. The van der Waals surface area contributed by atoms with Gasteiger partial charge in [0.15, 0.2) is 0 Å². The molecule has 3 heteroatoms. The highest BCUT2D eigenvalue weighted by atomic mass is 32.1. The Morgan fingerprint density at radius 1 is 1.14 bits per heavy atom. The summed E-state index contributed by atoms with van der Waals surface area (Å²) in [7, 11) is 0. The molecule has 0 spiro atoms. The van der Waals surface area contributed by atoms with Crippen molar-refractivity contribution in [1.29, 1.82) is 0 Å². The highest BCUT2D eigenvalue weighted by Gasteiger charge is 2.09. The Labute approximate surface area is 90.3 Å². The number of ether oxygens (including phenoxy) is 1. The Kier molecular flexibility index (Phi) is 3.45. The van der Waals surface area contributed by atoms with Crippen molar-refractivity contribution in [2.24, 2.45) is 0 Å². The van der Waals surface area contributed by atoms with Gasteiger partial charge in [0, 0.05) is 24.5 Å². The topological polar surface area (TPSA) is 12.5 Å². The summed E-state index contributed by atoms with van der Waals surface area (Å²) in [6, 6.07) is 8.35. The van der Waals surface area contributed by atoms with Gasteiger partial charge in [-0.2, -0.15) is 0 Å². The van der Waals surface area contributed by atoms with Crippen LogP contribution in [0.5, 0.6) is 0 Å². The molecule has 14 heavy (non-hydrogen) atoms. The number of hydrogen-bond donors (Lipinski definition) is 1. The molecule has 0 aliphatic carbocycles. The Balaban J connectivity index is 1.92. The Morgan fingerprint density at radius 3 is 2.43 bits per heavy atom. The smallest absolute Gasteiger partial charge is 0.0594 e. The summed E-state index contributed by atoms with van der Waals surface area (Å²) < 4.78 is 5.30. The average Bonchev–Trinajstić information content (AvgIpc) is 2.23. The summed E-state index contributed by atoms with van der Waals surface area (Å²) in [4.78, 5) is 3.44. The first-order valence-electron chi connectivity index (χ1n) is 4.92. The second-order valence-corrected chi connectivity index (χ2v) is 4.07. The van der Waals surface area contributed by atoms with Gasteiger partial charge in [-0.15, -0.1) is 12.6 Å². The number of nitrogens with zero attached hydrogens (tertiary/aromatic N) is 1. The molecule has 1 fully saturated rings. The first-order valence-corrected chi connectivity index (χ1v) is 5.37. The number of rotatable bonds is 2. The zero-order valence-electron chi connectivity index (χ0n) is 8.15. The van der Waals surface area contributed by atoms with Gasteiger partial charge in [0.1, 0.15) is 0 Å². The van der Waals surface area contributed by atoms with E-state index in [0.29, 0.717) is 0 Å². The van der Waals surface area contributed by atoms with Crippen LogP contribution in [0.2, 0.25) is 0 Å². The lowest BCUT2D eigenvalue weighted by molar-refractivity contribution is 0.0342. The van der Waals surface area contributed by atoms with Gasteiger partial charge >= 0.3 is 0 Å². The molecule has 0 N–H and O–H groups in total. The molecule has 1 aromatic rings. The highest BCUT2D eigenvalue weighted by Crippen LogP contribution is 2.10. The summed E-state index contributed by atoms with van der Waals surface area (Å²) >= 11 is 4.26. The fourth-order valence-corrected chi connectivity index (χ4v) is 1.77. The molecule has 1 aliphatic heterocycles. The minimum Gasteiger partial charge on any atom is -0.379 e. The lowest BCUT2D eigenvalue weighted by Crippen LogP contribution is -2.35. The average molecular weight is 209 g/mol. The van der Waals surface area contributed by atoms with Gasteiger partial charge in [0.05, 0.1) is 13.2 Å². The van der Waals surface area contributed by atoms with Crippen molar-refractivity contribution < 1.29 is 4.74 Å². The van der Waals surface area contributed by atoms with E-state index < -0.39 is 0 Å². The van der Waals surface area contributed by atoms with E-state index in [0.717, 1.165) is 37.7 Å². The highest BCUT2D eigenvalue weighted by molar-refractivity contribution is 7.80. The van der Waals surface area contributed by atoms with E-state index in [4.69, 9.17) is 4.74 Å². The molecule has 0 aromatic heterocycles. The second kappa shape index (κ2) is 4.82. The van der Waals surface area contributed by atoms with Crippen LogP contribution in [0.25, 0.3) is 0 Å². The van der Waals surface area contributed by atoms with Crippen molar-refractivity contribution in [3.8, 4) is 0 Å². The molecule has 1 aliphatic rings. The molecule has 0 radical (unpaired) electrons. The number of thiol groups is 1. The number of morpholine rings is 1. The van der Waals surface area contributed by atoms with Gasteiger partial charge in [0.25, 0.3) is 0 Å². The van der Waals surface area contributed by atoms with Gasteiger partial charge in [-0.25, -0.2) is 0 Å². The van der Waals surface area contributed by atoms with E-state index in [1.165, 1.54) is 5.56 Å². The lowest BCUT2D eigenvalue weighted by Gasteiger charge is -2.26. The van der Waals surface area contributed by atoms with Crippen molar-refractivity contribution in [2.75, 3.05) is 26.3 Å². The van der Waals surface area contributed by atoms with E-state index >= 15 is 0 Å². The van der Waals surface area contributed by atoms with Crippen LogP contribution in [0.3, 0.4) is 0 Å². The fourth-order valence-electron chi connectivity index (χ4n) is 1.62. The van der Waals surface area contributed by atoms with E-state index in [1.807, 2.05) is 12.1 Å². The number of hydrogen-bond acceptors (Lipinski definition) is 3. The van der Waals surface area contributed by atoms with E-state index in [9.17, 15) is 0 Å². The molecule has 1 aromatic carbocycles. The number of benzene rings is 1. The summed E-state index contributed by atoms with van der Waals surface area (Å²) in [5.74, 6) is 0. The van der Waals surface area contributed by atoms with E-state index in [-0.39, 0.29) is 0 Å². The maximum absolute atomic E-state index is 5.30. The predicted molar refractivity (Wildman–Crippen MR) is 59.8 cm³/mol. The van der Waals surface area contributed by atoms with Gasteiger partial charge in [-0.05, 0) is 17.7 Å². The molecular formula is C11H15NOS. The van der Waals surface area contributed by atoms with Crippen LogP contribution < -0.4 is 0 Å². The first kappa shape index (κ1) is 10.0. The van der Waals surface area contributed by atoms with Crippen molar-refractivity contribution >= 4 is 12.6 Å². The lowest BCUT2D eigenvalue weighted by atomic mass is 10.2. The van der Waals surface area contributed by atoms with Crippen LogP contribution in [0.15, 0.2) is 29.2 Å². The molecule has 0 bridgehead atoms. The van der Waals surface area contributed by atoms with Crippen molar-refractivity contribution in [1.82, 2.24) is 4.90 Å². The Morgan fingerprint density at radius 2 is 1.79 bits per heavy atom. The van der Waals surface area contributed by atoms with E-state index in [1.54, 1.807) is 0 Å². The summed E-state index contributed by atoms with van der Waals surface area (Å²) in [6.07, 6.45) is 0. The summed E-state index contributed by atoms with van der Waals surface area (Å²) in [6.45, 7) is 4.85.